The number of alkyl halides is 3. The second-order valence-corrected chi connectivity index (χ2v) is 12.0. The third-order valence-electron chi connectivity index (χ3n) is 6.19. The summed E-state index contributed by atoms with van der Waals surface area (Å²) in [7, 11) is 0. The summed E-state index contributed by atoms with van der Waals surface area (Å²) in [6.07, 6.45) is -1.10. The molecule has 0 unspecified atom stereocenters. The van der Waals surface area contributed by atoms with E-state index in [0.717, 1.165) is 18.7 Å². The first kappa shape index (κ1) is 29.8. The number of nitrogens with one attached hydrogen (secondary N) is 2. The maximum Gasteiger partial charge on any atom is 0.417 e. The maximum atomic E-state index is 14.3. The van der Waals surface area contributed by atoms with Crippen LogP contribution in [0.3, 0.4) is 0 Å². The number of halogens is 3. The van der Waals surface area contributed by atoms with Crippen LogP contribution in [0.1, 0.15) is 93.1 Å². The molecular formula is C26H36F3N5O3S. The fourth-order valence-corrected chi connectivity index (χ4v) is 5.12. The molecule has 1 aliphatic rings. The summed E-state index contributed by atoms with van der Waals surface area (Å²) >= 11 is 0.709. The van der Waals surface area contributed by atoms with Crippen LogP contribution in [0.2, 0.25) is 0 Å². The lowest BCUT2D eigenvalue weighted by molar-refractivity contribution is -0.137. The summed E-state index contributed by atoms with van der Waals surface area (Å²) in [5, 5.41) is 15.7. The second kappa shape index (κ2) is 11.2. The van der Waals surface area contributed by atoms with Crippen molar-refractivity contribution in [2.24, 2.45) is 0 Å². The highest BCUT2D eigenvalue weighted by Crippen LogP contribution is 2.42. The Kier molecular flexibility index (Phi) is 8.77. The predicted molar refractivity (Wildman–Crippen MR) is 141 cm³/mol. The summed E-state index contributed by atoms with van der Waals surface area (Å²) < 4.78 is 42.8. The van der Waals surface area contributed by atoms with Gasteiger partial charge in [-0.15, -0.1) is 11.3 Å². The second-order valence-electron chi connectivity index (χ2n) is 11.0. The summed E-state index contributed by atoms with van der Waals surface area (Å²) in [6, 6.07) is 0.674. The Bertz CT molecular complexity index is 1170. The topological polar surface area (TPSA) is 107 Å². The van der Waals surface area contributed by atoms with Crippen LogP contribution in [-0.2, 0) is 6.18 Å². The minimum Gasteiger partial charge on any atom is -0.388 e. The van der Waals surface area contributed by atoms with Gasteiger partial charge in [-0.3, -0.25) is 9.59 Å². The normalized spacial score (nSPS) is 15.2. The average Bonchev–Trinajstić information content (AvgIpc) is 3.23. The number of anilines is 1. The van der Waals surface area contributed by atoms with Gasteiger partial charge in [0.25, 0.3) is 11.8 Å². The van der Waals surface area contributed by atoms with Crippen LogP contribution < -0.4 is 10.6 Å². The zero-order valence-corrected chi connectivity index (χ0v) is 23.4. The van der Waals surface area contributed by atoms with E-state index in [4.69, 9.17) is 0 Å². The first-order valence-electron chi connectivity index (χ1n) is 12.7. The lowest BCUT2D eigenvalue weighted by atomic mass is 9.80. The summed E-state index contributed by atoms with van der Waals surface area (Å²) in [4.78, 5) is 36.4. The minimum atomic E-state index is -4.76. The molecule has 1 saturated carbocycles. The van der Waals surface area contributed by atoms with Gasteiger partial charge in [-0.05, 0) is 66.4 Å². The van der Waals surface area contributed by atoms with E-state index >= 15 is 0 Å². The Morgan fingerprint density at radius 2 is 1.89 bits per heavy atom. The van der Waals surface area contributed by atoms with Gasteiger partial charge in [0.1, 0.15) is 11.5 Å². The van der Waals surface area contributed by atoms with Crippen molar-refractivity contribution in [3.05, 3.63) is 28.5 Å². The number of rotatable bonds is 9. The summed E-state index contributed by atoms with van der Waals surface area (Å²) in [5.74, 6) is -1.18. The molecule has 1 fully saturated rings. The fraction of sp³-hybridized carbons (Fsp3) is 0.615. The van der Waals surface area contributed by atoms with Crippen molar-refractivity contribution in [3.8, 4) is 10.4 Å². The molecule has 2 amide bonds. The molecule has 0 atom stereocenters. The Labute approximate surface area is 225 Å². The van der Waals surface area contributed by atoms with Gasteiger partial charge in [0, 0.05) is 36.4 Å². The van der Waals surface area contributed by atoms with Crippen molar-refractivity contribution in [2.45, 2.75) is 90.6 Å². The van der Waals surface area contributed by atoms with E-state index in [0.29, 0.717) is 37.1 Å². The molecule has 0 bridgehead atoms. The van der Waals surface area contributed by atoms with Crippen molar-refractivity contribution in [1.82, 2.24) is 20.2 Å². The molecule has 12 heteroatoms. The number of thiazole rings is 1. The molecule has 0 radical (unpaired) electrons. The highest BCUT2D eigenvalue weighted by atomic mass is 32.1. The van der Waals surface area contributed by atoms with Gasteiger partial charge in [0.15, 0.2) is 5.01 Å². The molecule has 0 saturated heterocycles. The van der Waals surface area contributed by atoms with Gasteiger partial charge < -0.3 is 20.6 Å². The third-order valence-corrected chi connectivity index (χ3v) is 7.28. The molecule has 1 aliphatic carbocycles. The van der Waals surface area contributed by atoms with Crippen molar-refractivity contribution >= 4 is 29.0 Å². The lowest BCUT2D eigenvalue weighted by Gasteiger charge is -2.36. The highest BCUT2D eigenvalue weighted by molar-refractivity contribution is 7.17. The number of aliphatic hydroxyl groups is 1. The van der Waals surface area contributed by atoms with Crippen LogP contribution in [-0.4, -0.2) is 62.1 Å². The minimum absolute atomic E-state index is 0.000503. The van der Waals surface area contributed by atoms with E-state index in [1.165, 1.54) is 4.90 Å². The van der Waals surface area contributed by atoms with E-state index in [1.54, 1.807) is 20.8 Å². The van der Waals surface area contributed by atoms with Crippen molar-refractivity contribution in [3.63, 3.8) is 0 Å². The number of hydrogen-bond acceptors (Lipinski definition) is 7. The van der Waals surface area contributed by atoms with Crippen molar-refractivity contribution < 1.29 is 27.9 Å². The monoisotopic (exact) mass is 555 g/mol. The zero-order valence-electron chi connectivity index (χ0n) is 22.6. The maximum absolute atomic E-state index is 14.3. The Morgan fingerprint density at radius 1 is 1.24 bits per heavy atom. The Hall–Kier alpha value is -2.73. The lowest BCUT2D eigenvalue weighted by Crippen LogP contribution is -2.47. The molecule has 0 aliphatic heterocycles. The molecule has 2 aromatic heterocycles. The van der Waals surface area contributed by atoms with E-state index in [1.807, 2.05) is 20.8 Å². The average molecular weight is 556 g/mol. The van der Waals surface area contributed by atoms with Crippen molar-refractivity contribution in [1.29, 1.82) is 0 Å². The Morgan fingerprint density at radius 3 is 2.39 bits per heavy atom. The molecule has 210 valence electrons. The van der Waals surface area contributed by atoms with Crippen molar-refractivity contribution in [2.75, 3.05) is 18.4 Å². The largest absolute Gasteiger partial charge is 0.417 e. The molecule has 0 spiro atoms. The van der Waals surface area contributed by atoms with Crippen LogP contribution in [0.15, 0.2) is 12.3 Å². The van der Waals surface area contributed by atoms with Crippen LogP contribution in [0.4, 0.5) is 19.0 Å². The molecule has 38 heavy (non-hydrogen) atoms. The third kappa shape index (κ3) is 7.02. The SMILES string of the molecule is CCCN(C(=O)c1nc(C(=O)NCC2(O)CCC2)sc1-c1cnc(NC(C)(C)C)cc1C(F)(F)F)C(C)C. The number of amides is 2. The molecule has 2 aromatic rings. The number of hydrogen-bond donors (Lipinski definition) is 3. The predicted octanol–water partition coefficient (Wildman–Crippen LogP) is 5.34. The number of aromatic nitrogens is 2. The number of carbonyl (C=O) groups excluding carboxylic acids is 2. The molecule has 8 nitrogen and oxygen atoms in total. The fourth-order valence-electron chi connectivity index (χ4n) is 4.12. The number of pyridine rings is 1. The van der Waals surface area contributed by atoms with Gasteiger partial charge in [0.05, 0.1) is 16.0 Å². The molecular weight excluding hydrogens is 519 g/mol. The summed E-state index contributed by atoms with van der Waals surface area (Å²) in [5.41, 5.74) is -3.06. The molecule has 3 N–H and O–H groups in total. The van der Waals surface area contributed by atoms with E-state index in [9.17, 15) is 27.9 Å². The van der Waals surface area contributed by atoms with Gasteiger partial charge in [0.2, 0.25) is 0 Å². The zero-order chi connectivity index (χ0) is 28.5. The van der Waals surface area contributed by atoms with Gasteiger partial charge in [-0.1, -0.05) is 6.92 Å². The highest BCUT2D eigenvalue weighted by Gasteiger charge is 2.38. The quantitative estimate of drug-likeness (QED) is 0.386. The van der Waals surface area contributed by atoms with Crippen LogP contribution >= 0.6 is 11.3 Å². The van der Waals surface area contributed by atoms with Gasteiger partial charge in [-0.25, -0.2) is 9.97 Å². The van der Waals surface area contributed by atoms with Crippen LogP contribution in [0.5, 0.6) is 0 Å². The van der Waals surface area contributed by atoms with Gasteiger partial charge in [-0.2, -0.15) is 13.2 Å². The molecule has 2 heterocycles. The van der Waals surface area contributed by atoms with Crippen LogP contribution in [0, 0.1) is 0 Å². The standard InChI is InChI=1S/C26H36F3N5O3S/c1-7-11-34(15(2)3)23(36)19-20(38-22(32-19)21(35)31-14-25(37)9-8-10-25)16-13-30-18(33-24(4,5)6)12-17(16)26(27,28)29/h12-13,15,37H,7-11,14H2,1-6H3,(H,30,33)(H,31,35). The first-order chi connectivity index (χ1) is 17.5. The number of nitrogens with zero attached hydrogens (tertiary/aromatic N) is 3. The first-order valence-corrected chi connectivity index (χ1v) is 13.5. The summed E-state index contributed by atoms with van der Waals surface area (Å²) in [6.45, 7) is 11.3. The van der Waals surface area contributed by atoms with E-state index < -0.39 is 34.7 Å². The smallest absolute Gasteiger partial charge is 0.388 e. The van der Waals surface area contributed by atoms with E-state index in [2.05, 4.69) is 20.6 Å². The van der Waals surface area contributed by atoms with E-state index in [-0.39, 0.29) is 39.5 Å². The number of carbonyl (C=O) groups is 2. The molecule has 0 aromatic carbocycles. The molecule has 3 rings (SSSR count). The van der Waals surface area contributed by atoms with Crippen LogP contribution in [0.25, 0.3) is 10.4 Å². The Balaban J connectivity index is 2.12. The van der Waals surface area contributed by atoms with Gasteiger partial charge >= 0.3 is 6.18 Å².